The molecule has 1 saturated carbocycles. The van der Waals surface area contributed by atoms with E-state index in [-0.39, 0.29) is 6.10 Å². The van der Waals surface area contributed by atoms with Gasteiger partial charge in [-0.3, -0.25) is 0 Å². The molecule has 6 heteroatoms. The van der Waals surface area contributed by atoms with Crippen molar-refractivity contribution in [3.63, 3.8) is 0 Å². The Morgan fingerprint density at radius 3 is 2.86 bits per heavy atom. The molecule has 1 aliphatic heterocycles. The number of anilines is 1. The minimum atomic E-state index is 0.278. The average Bonchev–Trinajstić information content (AvgIpc) is 3.26. The van der Waals surface area contributed by atoms with Crippen LogP contribution in [0.4, 0.5) is 5.82 Å². The second-order valence-corrected chi connectivity index (χ2v) is 6.39. The summed E-state index contributed by atoms with van der Waals surface area (Å²) in [5, 5.41) is 13.3. The predicted molar refractivity (Wildman–Crippen MR) is 79.5 cm³/mol. The van der Waals surface area contributed by atoms with Crippen molar-refractivity contribution in [2.24, 2.45) is 5.92 Å². The molecular weight excluding hydrogens is 266 g/mol. The number of hydrogen-bond donors (Lipinski definition) is 0. The van der Waals surface area contributed by atoms with Crippen molar-refractivity contribution in [1.29, 1.82) is 0 Å². The molecule has 2 aliphatic rings. The van der Waals surface area contributed by atoms with Crippen molar-refractivity contribution < 1.29 is 4.74 Å². The molecule has 0 amide bonds. The molecule has 0 aromatic carbocycles. The number of hydrogen-bond acceptors (Lipinski definition) is 5. The maximum Gasteiger partial charge on any atom is 0.178 e. The van der Waals surface area contributed by atoms with Gasteiger partial charge in [-0.2, -0.15) is 4.52 Å². The summed E-state index contributed by atoms with van der Waals surface area (Å²) in [6.07, 6.45) is 2.69. The van der Waals surface area contributed by atoms with Crippen molar-refractivity contribution in [1.82, 2.24) is 19.8 Å². The lowest BCUT2D eigenvalue weighted by molar-refractivity contribution is 0.0111. The lowest BCUT2D eigenvalue weighted by Gasteiger charge is -2.35. The van der Waals surface area contributed by atoms with Crippen LogP contribution >= 0.6 is 0 Å². The van der Waals surface area contributed by atoms with Gasteiger partial charge in [0.2, 0.25) is 0 Å². The molecule has 6 nitrogen and oxygen atoms in total. The Balaban J connectivity index is 1.64. The van der Waals surface area contributed by atoms with E-state index >= 15 is 0 Å². The van der Waals surface area contributed by atoms with Gasteiger partial charge >= 0.3 is 0 Å². The standard InChI is InChI=1S/C15H21N5O/c1-10(2)12-9-19(7-8-21-12)14-6-5-13-16-17-15(11-3-4-11)20(13)18-14/h5-6,10-12H,3-4,7-9H2,1-2H3. The van der Waals surface area contributed by atoms with Crippen LogP contribution in [0.2, 0.25) is 0 Å². The molecule has 112 valence electrons. The number of nitrogens with zero attached hydrogens (tertiary/aromatic N) is 5. The largest absolute Gasteiger partial charge is 0.374 e. The van der Waals surface area contributed by atoms with Gasteiger partial charge in [-0.05, 0) is 30.9 Å². The molecule has 0 bridgehead atoms. The van der Waals surface area contributed by atoms with E-state index in [1.807, 2.05) is 16.6 Å². The molecule has 21 heavy (non-hydrogen) atoms. The van der Waals surface area contributed by atoms with Crippen molar-refractivity contribution >= 4 is 11.5 Å². The second-order valence-electron chi connectivity index (χ2n) is 6.39. The summed E-state index contributed by atoms with van der Waals surface area (Å²) in [6, 6.07) is 4.06. The van der Waals surface area contributed by atoms with Crippen LogP contribution in [0.5, 0.6) is 0 Å². The molecule has 0 spiro atoms. The Bertz CT molecular complexity index is 649. The smallest absolute Gasteiger partial charge is 0.178 e. The summed E-state index contributed by atoms with van der Waals surface area (Å²) < 4.78 is 7.76. The van der Waals surface area contributed by atoms with Gasteiger partial charge in [0.15, 0.2) is 11.5 Å². The topological polar surface area (TPSA) is 55.6 Å². The van der Waals surface area contributed by atoms with Crippen molar-refractivity contribution in [2.45, 2.75) is 38.7 Å². The lowest BCUT2D eigenvalue weighted by atomic mass is 10.1. The third-order valence-corrected chi connectivity index (χ3v) is 4.38. The third-order valence-electron chi connectivity index (χ3n) is 4.38. The monoisotopic (exact) mass is 287 g/mol. The van der Waals surface area contributed by atoms with Gasteiger partial charge in [-0.25, -0.2) is 0 Å². The maximum atomic E-state index is 5.83. The van der Waals surface area contributed by atoms with E-state index in [2.05, 4.69) is 28.9 Å². The fourth-order valence-corrected chi connectivity index (χ4v) is 2.85. The summed E-state index contributed by atoms with van der Waals surface area (Å²) in [7, 11) is 0. The van der Waals surface area contributed by atoms with Gasteiger partial charge in [0, 0.05) is 19.0 Å². The zero-order valence-electron chi connectivity index (χ0n) is 12.6. The van der Waals surface area contributed by atoms with Crippen LogP contribution in [0.1, 0.15) is 38.4 Å². The summed E-state index contributed by atoms with van der Waals surface area (Å²) >= 11 is 0. The number of rotatable bonds is 3. The van der Waals surface area contributed by atoms with E-state index in [1.54, 1.807) is 0 Å². The first-order chi connectivity index (χ1) is 10.2. The van der Waals surface area contributed by atoms with E-state index in [0.29, 0.717) is 11.8 Å². The first kappa shape index (κ1) is 13.0. The molecule has 2 fully saturated rings. The van der Waals surface area contributed by atoms with Gasteiger partial charge in [0.1, 0.15) is 5.82 Å². The molecule has 0 radical (unpaired) electrons. The molecule has 2 aromatic heterocycles. The van der Waals surface area contributed by atoms with Crippen molar-refractivity contribution in [3.8, 4) is 0 Å². The highest BCUT2D eigenvalue weighted by Gasteiger charge is 2.30. The van der Waals surface area contributed by atoms with Gasteiger partial charge in [-0.1, -0.05) is 13.8 Å². The van der Waals surface area contributed by atoms with E-state index in [1.165, 1.54) is 12.8 Å². The molecule has 1 atom stereocenters. The molecule has 1 aliphatic carbocycles. The highest BCUT2D eigenvalue weighted by Crippen LogP contribution is 2.38. The SMILES string of the molecule is CC(C)C1CN(c2ccc3nnc(C4CC4)n3n2)CCO1. The van der Waals surface area contributed by atoms with Crippen LogP contribution in [0.25, 0.3) is 5.65 Å². The highest BCUT2D eigenvalue weighted by atomic mass is 16.5. The fourth-order valence-electron chi connectivity index (χ4n) is 2.85. The first-order valence-corrected chi connectivity index (χ1v) is 7.81. The van der Waals surface area contributed by atoms with Gasteiger partial charge in [-0.15, -0.1) is 15.3 Å². The van der Waals surface area contributed by atoms with Crippen molar-refractivity contribution in [3.05, 3.63) is 18.0 Å². The molecular formula is C15H21N5O. The summed E-state index contributed by atoms with van der Waals surface area (Å²) in [4.78, 5) is 2.31. The van der Waals surface area contributed by atoms with E-state index < -0.39 is 0 Å². The summed E-state index contributed by atoms with van der Waals surface area (Å²) in [5.41, 5.74) is 0.842. The Morgan fingerprint density at radius 1 is 1.24 bits per heavy atom. The Hall–Kier alpha value is -1.69. The molecule has 3 heterocycles. The quantitative estimate of drug-likeness (QED) is 0.862. The van der Waals surface area contributed by atoms with E-state index in [0.717, 1.165) is 37.0 Å². The normalized spacial score (nSPS) is 23.2. The van der Waals surface area contributed by atoms with Crippen molar-refractivity contribution in [2.75, 3.05) is 24.6 Å². The van der Waals surface area contributed by atoms with Crippen LogP contribution < -0.4 is 4.90 Å². The zero-order chi connectivity index (χ0) is 14.4. The number of fused-ring (bicyclic) bond motifs is 1. The first-order valence-electron chi connectivity index (χ1n) is 7.81. The van der Waals surface area contributed by atoms with Crippen LogP contribution in [0.3, 0.4) is 0 Å². The Labute approximate surface area is 124 Å². The molecule has 1 saturated heterocycles. The second kappa shape index (κ2) is 4.94. The Morgan fingerprint density at radius 2 is 2.10 bits per heavy atom. The van der Waals surface area contributed by atoms with E-state index in [4.69, 9.17) is 9.84 Å². The highest BCUT2D eigenvalue weighted by molar-refractivity contribution is 5.46. The minimum absolute atomic E-state index is 0.278. The van der Waals surface area contributed by atoms with Gasteiger partial charge in [0.25, 0.3) is 0 Å². The van der Waals surface area contributed by atoms with Crippen LogP contribution in [0, 0.1) is 5.92 Å². The maximum absolute atomic E-state index is 5.83. The summed E-state index contributed by atoms with van der Waals surface area (Å²) in [5.74, 6) is 3.09. The molecule has 0 N–H and O–H groups in total. The minimum Gasteiger partial charge on any atom is -0.374 e. The molecule has 4 rings (SSSR count). The van der Waals surface area contributed by atoms with Crippen LogP contribution in [-0.4, -0.2) is 45.6 Å². The predicted octanol–water partition coefficient (Wildman–Crippen LogP) is 1.86. The number of aromatic nitrogens is 4. The third kappa shape index (κ3) is 2.37. The lowest BCUT2D eigenvalue weighted by Crippen LogP contribution is -2.45. The molecule has 1 unspecified atom stereocenters. The molecule has 2 aromatic rings. The van der Waals surface area contributed by atoms with Gasteiger partial charge in [0.05, 0.1) is 12.7 Å². The summed E-state index contributed by atoms with van der Waals surface area (Å²) in [6.45, 7) is 6.96. The van der Waals surface area contributed by atoms with Gasteiger partial charge < -0.3 is 9.64 Å². The van der Waals surface area contributed by atoms with E-state index in [9.17, 15) is 0 Å². The fraction of sp³-hybridized carbons (Fsp3) is 0.667. The van der Waals surface area contributed by atoms with Crippen LogP contribution in [0.15, 0.2) is 12.1 Å². The number of morpholine rings is 1. The number of ether oxygens (including phenoxy) is 1. The Kier molecular flexibility index (Phi) is 3.06. The average molecular weight is 287 g/mol. The zero-order valence-corrected chi connectivity index (χ0v) is 12.6. The van der Waals surface area contributed by atoms with Crippen LogP contribution in [-0.2, 0) is 4.74 Å².